The van der Waals surface area contributed by atoms with Crippen molar-refractivity contribution in [2.75, 3.05) is 0 Å². The Bertz CT molecular complexity index is 1150. The van der Waals surface area contributed by atoms with E-state index >= 15 is 0 Å². The number of fused-ring (bicyclic) bond motifs is 1. The zero-order valence-electron chi connectivity index (χ0n) is 15.1. The second-order valence-corrected chi connectivity index (χ2v) is 6.48. The molecule has 6 nitrogen and oxygen atoms in total. The van der Waals surface area contributed by atoms with Crippen molar-refractivity contribution >= 4 is 11.0 Å². The lowest BCUT2D eigenvalue weighted by Gasteiger charge is -2.09. The molecule has 0 amide bonds. The molecule has 4 aromatic heterocycles. The smallest absolute Gasteiger partial charge is 0.151 e. The van der Waals surface area contributed by atoms with Crippen LogP contribution in [0.3, 0.4) is 0 Å². The lowest BCUT2D eigenvalue weighted by Crippen LogP contribution is -2.22. The van der Waals surface area contributed by atoms with Gasteiger partial charge in [-0.3, -0.25) is 15.0 Å². The number of pyridine rings is 2. The summed E-state index contributed by atoms with van der Waals surface area (Å²) in [6, 6.07) is 9.80. The topological polar surface area (TPSA) is 72.4 Å². The minimum Gasteiger partial charge on any atom is -0.311 e. The highest BCUT2D eigenvalue weighted by Gasteiger charge is 2.17. The molecule has 0 unspecified atom stereocenters. The molecule has 0 aliphatic heterocycles. The zero-order valence-corrected chi connectivity index (χ0v) is 15.1. The Morgan fingerprint density at radius 2 is 1.85 bits per heavy atom. The van der Waals surface area contributed by atoms with Gasteiger partial charge in [0.1, 0.15) is 11.3 Å². The molecule has 0 spiro atoms. The van der Waals surface area contributed by atoms with Gasteiger partial charge >= 0.3 is 0 Å². The van der Waals surface area contributed by atoms with Gasteiger partial charge in [-0.15, -0.1) is 0 Å². The fourth-order valence-electron chi connectivity index (χ4n) is 3.23. The number of hydrogen-bond acceptors (Lipinski definition) is 4. The first kappa shape index (κ1) is 16.2. The monoisotopic (exact) mass is 344 g/mol. The van der Waals surface area contributed by atoms with Crippen LogP contribution in [-0.4, -0.2) is 24.1 Å². The summed E-state index contributed by atoms with van der Waals surface area (Å²) < 4.78 is 3.85. The van der Waals surface area contributed by atoms with Crippen molar-refractivity contribution < 1.29 is 0 Å². The van der Waals surface area contributed by atoms with Crippen LogP contribution in [0.25, 0.3) is 16.9 Å². The van der Waals surface area contributed by atoms with Crippen LogP contribution >= 0.6 is 0 Å². The molecular weight excluding hydrogens is 324 g/mol. The van der Waals surface area contributed by atoms with Crippen LogP contribution in [0, 0.1) is 26.2 Å². The van der Waals surface area contributed by atoms with Crippen LogP contribution in [-0.2, 0) is 6.54 Å². The van der Waals surface area contributed by atoms with Gasteiger partial charge < -0.3 is 4.57 Å². The van der Waals surface area contributed by atoms with E-state index in [1.807, 2.05) is 60.2 Å². The molecular formula is C20H20N6. The maximum absolute atomic E-state index is 8.71. The van der Waals surface area contributed by atoms with E-state index in [0.29, 0.717) is 12.0 Å². The van der Waals surface area contributed by atoms with Crippen molar-refractivity contribution in [2.24, 2.45) is 0 Å². The molecule has 0 fully saturated rings. The van der Waals surface area contributed by atoms with Gasteiger partial charge in [0.2, 0.25) is 0 Å². The summed E-state index contributed by atoms with van der Waals surface area (Å²) >= 11 is 0. The minimum absolute atomic E-state index is 0.438. The second-order valence-electron chi connectivity index (χ2n) is 6.48. The van der Waals surface area contributed by atoms with Crippen LogP contribution in [0.5, 0.6) is 0 Å². The summed E-state index contributed by atoms with van der Waals surface area (Å²) in [5.74, 6) is 0.829. The number of nitrogens with zero attached hydrogens (tertiary/aromatic N) is 5. The molecule has 0 aromatic carbocycles. The number of aromatic nitrogens is 5. The average molecular weight is 344 g/mol. The summed E-state index contributed by atoms with van der Waals surface area (Å²) in [5, 5.41) is 9.56. The summed E-state index contributed by atoms with van der Waals surface area (Å²) in [6.07, 6.45) is 5.28. The molecule has 0 radical (unpaired) electrons. The summed E-state index contributed by atoms with van der Waals surface area (Å²) in [5.41, 5.74) is 5.35. The molecule has 0 bridgehead atoms. The SMILES string of the molecule is Cc1ccnc(-n2c(C)c(C)c3c(=N)n(Cc4ccccn4)cnc32)c1. The third-order valence-electron chi connectivity index (χ3n) is 4.72. The van der Waals surface area contributed by atoms with Crippen molar-refractivity contribution in [1.29, 1.82) is 5.41 Å². The van der Waals surface area contributed by atoms with E-state index in [2.05, 4.69) is 15.0 Å². The normalized spacial score (nSPS) is 11.2. The Kier molecular flexibility index (Phi) is 3.88. The molecule has 6 heteroatoms. The van der Waals surface area contributed by atoms with E-state index in [0.717, 1.165) is 39.4 Å². The summed E-state index contributed by atoms with van der Waals surface area (Å²) in [6.45, 7) is 6.65. The van der Waals surface area contributed by atoms with Gasteiger partial charge in [-0.2, -0.15) is 0 Å². The van der Waals surface area contributed by atoms with Crippen LogP contribution in [0.1, 0.15) is 22.5 Å². The minimum atomic E-state index is 0.438. The molecule has 0 saturated carbocycles. The highest BCUT2D eigenvalue weighted by Crippen LogP contribution is 2.24. The number of nitrogens with one attached hydrogen (secondary N) is 1. The first-order valence-electron chi connectivity index (χ1n) is 8.51. The molecule has 4 aromatic rings. The van der Waals surface area contributed by atoms with E-state index in [4.69, 9.17) is 5.41 Å². The predicted molar refractivity (Wildman–Crippen MR) is 100 cm³/mol. The van der Waals surface area contributed by atoms with Crippen molar-refractivity contribution in [3.05, 3.63) is 77.1 Å². The van der Waals surface area contributed by atoms with E-state index in [1.165, 1.54) is 0 Å². The predicted octanol–water partition coefficient (Wildman–Crippen LogP) is 3.07. The highest BCUT2D eigenvalue weighted by molar-refractivity contribution is 5.82. The average Bonchev–Trinajstić information content (AvgIpc) is 2.90. The first-order chi connectivity index (χ1) is 12.6. The van der Waals surface area contributed by atoms with Gasteiger partial charge in [-0.25, -0.2) is 9.97 Å². The Labute approximate surface area is 151 Å². The molecule has 0 saturated heterocycles. The summed E-state index contributed by atoms with van der Waals surface area (Å²) in [4.78, 5) is 13.5. The van der Waals surface area contributed by atoms with Crippen LogP contribution < -0.4 is 5.49 Å². The Balaban J connectivity index is 1.91. The fraction of sp³-hybridized carbons (Fsp3) is 0.200. The van der Waals surface area contributed by atoms with Crippen LogP contribution in [0.15, 0.2) is 49.1 Å². The highest BCUT2D eigenvalue weighted by atomic mass is 15.1. The Morgan fingerprint density at radius 3 is 2.58 bits per heavy atom. The number of hydrogen-bond donors (Lipinski definition) is 1. The maximum Gasteiger partial charge on any atom is 0.151 e. The standard InChI is InChI=1S/C20H20N6/c1-13-7-9-23-17(10-13)26-15(3)14(2)18-19(21)25(12-24-20(18)26)11-16-6-4-5-8-22-16/h4-10,12,21H,11H2,1-3H3. The third kappa shape index (κ3) is 2.60. The van der Waals surface area contributed by atoms with Crippen LogP contribution in [0.4, 0.5) is 0 Å². The molecule has 0 atom stereocenters. The van der Waals surface area contributed by atoms with Gasteiger partial charge in [-0.1, -0.05) is 6.07 Å². The lowest BCUT2D eigenvalue weighted by atomic mass is 10.2. The molecule has 4 rings (SSSR count). The molecule has 0 aliphatic rings. The second kappa shape index (κ2) is 6.22. The van der Waals surface area contributed by atoms with E-state index in [1.54, 1.807) is 18.7 Å². The van der Waals surface area contributed by atoms with Gasteiger partial charge in [0, 0.05) is 18.1 Å². The van der Waals surface area contributed by atoms with E-state index in [-0.39, 0.29) is 0 Å². The van der Waals surface area contributed by atoms with Crippen LogP contribution in [0.2, 0.25) is 0 Å². The molecule has 130 valence electrons. The zero-order chi connectivity index (χ0) is 18.3. The molecule has 4 heterocycles. The largest absolute Gasteiger partial charge is 0.311 e. The summed E-state index contributed by atoms with van der Waals surface area (Å²) in [7, 11) is 0. The number of rotatable bonds is 3. The van der Waals surface area contributed by atoms with Gasteiger partial charge in [-0.05, 0) is 56.2 Å². The van der Waals surface area contributed by atoms with Gasteiger partial charge in [0.05, 0.1) is 24.0 Å². The van der Waals surface area contributed by atoms with E-state index in [9.17, 15) is 0 Å². The lowest BCUT2D eigenvalue weighted by molar-refractivity contribution is 0.705. The first-order valence-corrected chi connectivity index (χ1v) is 8.51. The van der Waals surface area contributed by atoms with Gasteiger partial charge in [0.25, 0.3) is 0 Å². The van der Waals surface area contributed by atoms with E-state index < -0.39 is 0 Å². The third-order valence-corrected chi connectivity index (χ3v) is 4.72. The number of aryl methyl sites for hydroxylation is 2. The molecule has 0 aliphatic carbocycles. The molecule has 26 heavy (non-hydrogen) atoms. The fourth-order valence-corrected chi connectivity index (χ4v) is 3.23. The van der Waals surface area contributed by atoms with Crippen molar-refractivity contribution in [2.45, 2.75) is 27.3 Å². The van der Waals surface area contributed by atoms with Crippen molar-refractivity contribution in [3.8, 4) is 5.82 Å². The quantitative estimate of drug-likeness (QED) is 0.621. The van der Waals surface area contributed by atoms with Crippen molar-refractivity contribution in [3.63, 3.8) is 0 Å². The van der Waals surface area contributed by atoms with Gasteiger partial charge in [0.15, 0.2) is 5.65 Å². The maximum atomic E-state index is 8.71. The van der Waals surface area contributed by atoms with Crippen molar-refractivity contribution in [1.82, 2.24) is 24.1 Å². The molecule has 1 N–H and O–H groups in total. The Morgan fingerprint density at radius 1 is 1.00 bits per heavy atom. The Hall–Kier alpha value is -3.28.